The molecule has 0 saturated heterocycles. The van der Waals surface area contributed by atoms with E-state index in [1.807, 2.05) is 18.6 Å². The van der Waals surface area contributed by atoms with E-state index in [1.54, 1.807) is 0 Å². The molecule has 2 heteroatoms. The Morgan fingerprint density at radius 1 is 1.10 bits per heavy atom. The summed E-state index contributed by atoms with van der Waals surface area (Å²) in [5.74, 6) is 0.981. The van der Waals surface area contributed by atoms with Crippen molar-refractivity contribution in [3.8, 4) is 0 Å². The van der Waals surface area contributed by atoms with Crippen molar-refractivity contribution >= 4 is 5.78 Å². The molecule has 2 nitrogen and oxygen atoms in total. The van der Waals surface area contributed by atoms with Crippen molar-refractivity contribution in [2.24, 2.45) is 11.3 Å². The van der Waals surface area contributed by atoms with Gasteiger partial charge in [-0.15, -0.1) is 0 Å². The van der Waals surface area contributed by atoms with Crippen LogP contribution in [-0.4, -0.2) is 5.78 Å². The molecule has 1 heterocycles. The fraction of sp³-hybridized carbons (Fsp3) is 0.611. The van der Waals surface area contributed by atoms with Gasteiger partial charge in [-0.25, -0.2) is 0 Å². The van der Waals surface area contributed by atoms with Crippen LogP contribution in [0.25, 0.3) is 0 Å². The quantitative estimate of drug-likeness (QED) is 0.707. The third kappa shape index (κ3) is 1.43. The van der Waals surface area contributed by atoms with Gasteiger partial charge in [-0.2, -0.15) is 0 Å². The molecular weight excluding hydrogens is 248 g/mol. The SMILES string of the molecule is C[C@]12CCC(=O)C=C1CC[C@@]1(C)c3cocc3CC[C@H]21. The maximum absolute atomic E-state index is 11.8. The van der Waals surface area contributed by atoms with E-state index in [0.717, 1.165) is 32.1 Å². The zero-order valence-corrected chi connectivity index (χ0v) is 12.4. The molecule has 0 amide bonds. The highest BCUT2D eigenvalue weighted by atomic mass is 16.3. The standard InChI is InChI=1S/C18H22O2/c1-17-8-6-14(19)9-13(17)5-7-18(2)15-11-20-10-12(15)3-4-16(17)18/h9-11,16H,3-8H2,1-2H3/t16-,17+,18+/m1/s1. The molecule has 0 unspecified atom stereocenters. The summed E-state index contributed by atoms with van der Waals surface area (Å²) >= 11 is 0. The maximum Gasteiger partial charge on any atom is 0.155 e. The zero-order chi connectivity index (χ0) is 14.0. The van der Waals surface area contributed by atoms with Crippen LogP contribution in [0.4, 0.5) is 0 Å². The van der Waals surface area contributed by atoms with Crippen molar-refractivity contribution in [3.05, 3.63) is 35.3 Å². The lowest BCUT2D eigenvalue weighted by Gasteiger charge is -2.56. The third-order valence-corrected chi connectivity index (χ3v) is 6.47. The van der Waals surface area contributed by atoms with Gasteiger partial charge in [0.25, 0.3) is 0 Å². The molecule has 0 spiro atoms. The highest BCUT2D eigenvalue weighted by Gasteiger charge is 2.54. The second-order valence-corrected chi connectivity index (χ2v) is 7.37. The number of furan rings is 1. The molecular formula is C18H22O2. The molecule has 0 N–H and O–H groups in total. The highest BCUT2D eigenvalue weighted by Crippen LogP contribution is 2.61. The van der Waals surface area contributed by atoms with E-state index in [4.69, 9.17) is 4.42 Å². The van der Waals surface area contributed by atoms with E-state index in [-0.39, 0.29) is 10.8 Å². The monoisotopic (exact) mass is 270 g/mol. The molecule has 20 heavy (non-hydrogen) atoms. The fourth-order valence-corrected chi connectivity index (χ4v) is 5.28. The summed E-state index contributed by atoms with van der Waals surface area (Å²) in [4.78, 5) is 11.8. The Morgan fingerprint density at radius 3 is 2.75 bits per heavy atom. The van der Waals surface area contributed by atoms with Crippen molar-refractivity contribution in [2.45, 2.75) is 57.8 Å². The van der Waals surface area contributed by atoms with Gasteiger partial charge in [0, 0.05) is 6.42 Å². The van der Waals surface area contributed by atoms with Crippen molar-refractivity contribution < 1.29 is 9.21 Å². The number of hydrogen-bond acceptors (Lipinski definition) is 2. The van der Waals surface area contributed by atoms with Gasteiger partial charge in [0.15, 0.2) is 5.78 Å². The molecule has 3 aliphatic carbocycles. The third-order valence-electron chi connectivity index (χ3n) is 6.47. The Hall–Kier alpha value is -1.31. The molecule has 3 atom stereocenters. The molecule has 106 valence electrons. The van der Waals surface area contributed by atoms with E-state index in [2.05, 4.69) is 13.8 Å². The van der Waals surface area contributed by atoms with Gasteiger partial charge >= 0.3 is 0 Å². The lowest BCUT2D eigenvalue weighted by molar-refractivity contribution is -0.116. The Bertz CT molecular complexity index is 609. The Morgan fingerprint density at radius 2 is 1.90 bits per heavy atom. The minimum absolute atomic E-state index is 0.218. The van der Waals surface area contributed by atoms with E-state index < -0.39 is 0 Å². The van der Waals surface area contributed by atoms with Crippen molar-refractivity contribution in [2.75, 3.05) is 0 Å². The van der Waals surface area contributed by atoms with Gasteiger partial charge in [-0.3, -0.25) is 4.79 Å². The summed E-state index contributed by atoms with van der Waals surface area (Å²) in [6, 6.07) is 0. The lowest BCUT2D eigenvalue weighted by Crippen LogP contribution is -2.51. The summed E-state index contributed by atoms with van der Waals surface area (Å²) < 4.78 is 5.50. The van der Waals surface area contributed by atoms with E-state index >= 15 is 0 Å². The first kappa shape index (κ1) is 12.4. The van der Waals surface area contributed by atoms with Gasteiger partial charge in [-0.1, -0.05) is 19.4 Å². The zero-order valence-electron chi connectivity index (χ0n) is 12.4. The van der Waals surface area contributed by atoms with Crippen LogP contribution in [0.2, 0.25) is 0 Å². The molecule has 0 bridgehead atoms. The van der Waals surface area contributed by atoms with Crippen LogP contribution in [0.1, 0.15) is 57.1 Å². The fourth-order valence-electron chi connectivity index (χ4n) is 5.28. The van der Waals surface area contributed by atoms with Crippen LogP contribution in [0, 0.1) is 11.3 Å². The molecule has 1 aromatic heterocycles. The van der Waals surface area contributed by atoms with E-state index in [1.165, 1.54) is 23.1 Å². The van der Waals surface area contributed by atoms with Gasteiger partial charge < -0.3 is 4.42 Å². The van der Waals surface area contributed by atoms with Gasteiger partial charge in [0.2, 0.25) is 0 Å². The van der Waals surface area contributed by atoms with E-state index in [0.29, 0.717) is 11.7 Å². The van der Waals surface area contributed by atoms with Crippen LogP contribution in [0.3, 0.4) is 0 Å². The van der Waals surface area contributed by atoms with Crippen molar-refractivity contribution in [1.82, 2.24) is 0 Å². The van der Waals surface area contributed by atoms with Gasteiger partial charge in [0.1, 0.15) is 0 Å². The number of ketones is 1. The Balaban J connectivity index is 1.84. The number of rotatable bonds is 0. The first-order valence-electron chi connectivity index (χ1n) is 7.83. The molecule has 1 fully saturated rings. The van der Waals surface area contributed by atoms with Crippen LogP contribution < -0.4 is 0 Å². The molecule has 0 aliphatic heterocycles. The van der Waals surface area contributed by atoms with Crippen molar-refractivity contribution in [1.29, 1.82) is 0 Å². The first-order valence-corrected chi connectivity index (χ1v) is 7.83. The second kappa shape index (κ2) is 3.87. The molecule has 1 aromatic rings. The van der Waals surface area contributed by atoms with Crippen LogP contribution in [0.15, 0.2) is 28.6 Å². The van der Waals surface area contributed by atoms with Gasteiger partial charge in [0.05, 0.1) is 12.5 Å². The largest absolute Gasteiger partial charge is 0.472 e. The van der Waals surface area contributed by atoms with Crippen molar-refractivity contribution in [3.63, 3.8) is 0 Å². The number of allylic oxidation sites excluding steroid dienone is 2. The summed E-state index contributed by atoms with van der Waals surface area (Å²) in [6.07, 6.45) is 12.2. The number of carbonyl (C=O) groups is 1. The summed E-state index contributed by atoms with van der Waals surface area (Å²) in [5, 5.41) is 0. The minimum atomic E-state index is 0.218. The number of hydrogen-bond donors (Lipinski definition) is 0. The normalized spacial score (nSPS) is 39.6. The highest BCUT2D eigenvalue weighted by molar-refractivity contribution is 5.91. The first-order chi connectivity index (χ1) is 9.54. The van der Waals surface area contributed by atoms with E-state index in [9.17, 15) is 4.79 Å². The summed E-state index contributed by atoms with van der Waals surface area (Å²) in [5.41, 5.74) is 4.71. The average Bonchev–Trinajstić information content (AvgIpc) is 2.89. The number of aryl methyl sites for hydroxylation is 1. The summed E-state index contributed by atoms with van der Waals surface area (Å²) in [6.45, 7) is 4.82. The lowest BCUT2D eigenvalue weighted by atomic mass is 9.47. The Labute approximate surface area is 120 Å². The van der Waals surface area contributed by atoms with Crippen LogP contribution in [-0.2, 0) is 16.6 Å². The van der Waals surface area contributed by atoms with Crippen LogP contribution >= 0.6 is 0 Å². The molecule has 4 rings (SSSR count). The maximum atomic E-state index is 11.8. The smallest absolute Gasteiger partial charge is 0.155 e. The number of fused-ring (bicyclic) bond motifs is 5. The predicted octanol–water partition coefficient (Wildman–Crippen LogP) is 4.19. The molecule has 1 saturated carbocycles. The topological polar surface area (TPSA) is 30.2 Å². The molecule has 0 radical (unpaired) electrons. The minimum Gasteiger partial charge on any atom is -0.472 e. The van der Waals surface area contributed by atoms with Crippen LogP contribution in [0.5, 0.6) is 0 Å². The Kier molecular flexibility index (Phi) is 2.40. The van der Waals surface area contributed by atoms with Gasteiger partial charge in [-0.05, 0) is 66.1 Å². The second-order valence-electron chi connectivity index (χ2n) is 7.37. The average molecular weight is 270 g/mol. The predicted molar refractivity (Wildman–Crippen MR) is 77.5 cm³/mol. The molecule has 3 aliphatic rings. The number of carbonyl (C=O) groups excluding carboxylic acids is 1. The molecule has 0 aromatic carbocycles. The summed E-state index contributed by atoms with van der Waals surface area (Å²) in [7, 11) is 0.